The van der Waals surface area contributed by atoms with E-state index in [0.717, 1.165) is 12.1 Å². The summed E-state index contributed by atoms with van der Waals surface area (Å²) in [5.41, 5.74) is -0.168. The fraction of sp³-hybridized carbons (Fsp3) is 0. The number of nitrogens with one attached hydrogen (secondary N) is 1. The number of anilines is 1. The van der Waals surface area contributed by atoms with Gasteiger partial charge >= 0.3 is 5.63 Å². The minimum Gasteiger partial charge on any atom is -0.417 e. The van der Waals surface area contributed by atoms with E-state index in [1.807, 2.05) is 6.07 Å². The molecule has 0 atom stereocenters. The van der Waals surface area contributed by atoms with Crippen LogP contribution in [0.3, 0.4) is 0 Å². The van der Waals surface area contributed by atoms with Crippen molar-refractivity contribution in [1.82, 2.24) is 0 Å². The van der Waals surface area contributed by atoms with Crippen molar-refractivity contribution in [2.45, 2.75) is 0 Å². The molecule has 23 heavy (non-hydrogen) atoms. The predicted octanol–water partition coefficient (Wildman–Crippen LogP) is 3.06. The molecule has 0 spiro atoms. The van der Waals surface area contributed by atoms with Gasteiger partial charge in [0.25, 0.3) is 5.91 Å². The highest BCUT2D eigenvalue weighted by atomic mass is 19.1. The molecule has 1 aromatic heterocycles. The number of nitriles is 1. The molecule has 3 rings (SSSR count). The lowest BCUT2D eigenvalue weighted by molar-refractivity contribution is 0.0993. The summed E-state index contributed by atoms with van der Waals surface area (Å²) in [5, 5.41) is 11.9. The number of nitrogens with zero attached hydrogens (tertiary/aromatic N) is 1. The van der Waals surface area contributed by atoms with Gasteiger partial charge in [0.05, 0.1) is 16.6 Å². The SMILES string of the molecule is N#Cc1ccccc1NC(=O)c1cc2cc(F)ccc2c(=O)o1. The van der Waals surface area contributed by atoms with Crippen molar-refractivity contribution in [1.29, 1.82) is 5.26 Å². The molecule has 0 aliphatic rings. The summed E-state index contributed by atoms with van der Waals surface area (Å²) in [6.45, 7) is 0. The lowest BCUT2D eigenvalue weighted by Gasteiger charge is -2.06. The van der Waals surface area contributed by atoms with E-state index < -0.39 is 17.3 Å². The number of fused-ring (bicyclic) bond motifs is 1. The van der Waals surface area contributed by atoms with Crippen molar-refractivity contribution in [3.63, 3.8) is 0 Å². The Morgan fingerprint density at radius 3 is 2.74 bits per heavy atom. The molecule has 0 radical (unpaired) electrons. The molecule has 0 bridgehead atoms. The number of rotatable bonds is 2. The molecule has 2 aromatic carbocycles. The lowest BCUT2D eigenvalue weighted by atomic mass is 10.1. The van der Waals surface area contributed by atoms with E-state index in [0.29, 0.717) is 5.69 Å². The number of hydrogen-bond acceptors (Lipinski definition) is 4. The van der Waals surface area contributed by atoms with Gasteiger partial charge < -0.3 is 9.73 Å². The molecule has 112 valence electrons. The maximum atomic E-state index is 13.3. The van der Waals surface area contributed by atoms with E-state index >= 15 is 0 Å². The Kier molecular flexibility index (Phi) is 3.61. The van der Waals surface area contributed by atoms with E-state index in [1.54, 1.807) is 24.3 Å². The highest BCUT2D eigenvalue weighted by Gasteiger charge is 2.14. The van der Waals surface area contributed by atoms with Crippen LogP contribution >= 0.6 is 0 Å². The second kappa shape index (κ2) is 5.73. The first-order chi connectivity index (χ1) is 11.1. The summed E-state index contributed by atoms with van der Waals surface area (Å²) in [4.78, 5) is 24.1. The number of hydrogen-bond donors (Lipinski definition) is 1. The molecule has 0 aliphatic heterocycles. The van der Waals surface area contributed by atoms with E-state index in [4.69, 9.17) is 9.68 Å². The zero-order chi connectivity index (χ0) is 16.4. The first-order valence-electron chi connectivity index (χ1n) is 6.62. The average molecular weight is 308 g/mol. The summed E-state index contributed by atoms with van der Waals surface area (Å²) in [6, 6.07) is 13.2. The van der Waals surface area contributed by atoms with Crippen LogP contribution in [0.5, 0.6) is 0 Å². The minimum atomic E-state index is -0.735. The Morgan fingerprint density at radius 1 is 1.17 bits per heavy atom. The topological polar surface area (TPSA) is 83.1 Å². The molecular formula is C17H9FN2O3. The van der Waals surface area contributed by atoms with E-state index in [-0.39, 0.29) is 22.1 Å². The Bertz CT molecular complexity index is 1020. The molecule has 6 heteroatoms. The molecule has 1 N–H and O–H groups in total. The first-order valence-corrected chi connectivity index (χ1v) is 6.62. The molecule has 3 aromatic rings. The Morgan fingerprint density at radius 2 is 1.96 bits per heavy atom. The van der Waals surface area contributed by atoms with Gasteiger partial charge in [-0.3, -0.25) is 4.79 Å². The van der Waals surface area contributed by atoms with Gasteiger partial charge in [0, 0.05) is 0 Å². The molecule has 0 saturated heterocycles. The van der Waals surface area contributed by atoms with Gasteiger partial charge in [-0.15, -0.1) is 0 Å². The monoisotopic (exact) mass is 308 g/mol. The zero-order valence-corrected chi connectivity index (χ0v) is 11.7. The smallest absolute Gasteiger partial charge is 0.344 e. The van der Waals surface area contributed by atoms with Crippen molar-refractivity contribution < 1.29 is 13.6 Å². The quantitative estimate of drug-likeness (QED) is 0.788. The second-order valence-electron chi connectivity index (χ2n) is 4.74. The summed E-state index contributed by atoms with van der Waals surface area (Å²) >= 11 is 0. The van der Waals surface area contributed by atoms with Gasteiger partial charge in [-0.2, -0.15) is 5.26 Å². The highest BCUT2D eigenvalue weighted by Crippen LogP contribution is 2.17. The normalized spacial score (nSPS) is 10.3. The van der Waals surface area contributed by atoms with Crippen LogP contribution in [0.2, 0.25) is 0 Å². The van der Waals surface area contributed by atoms with Crippen molar-refractivity contribution in [2.24, 2.45) is 0 Å². The van der Waals surface area contributed by atoms with E-state index in [1.165, 1.54) is 12.1 Å². The number of para-hydroxylation sites is 1. The first kappa shape index (κ1) is 14.5. The van der Waals surface area contributed by atoms with E-state index in [9.17, 15) is 14.0 Å². The second-order valence-corrected chi connectivity index (χ2v) is 4.74. The molecule has 0 fully saturated rings. The van der Waals surface area contributed by atoms with Crippen LogP contribution in [0.25, 0.3) is 10.8 Å². The van der Waals surface area contributed by atoms with Gasteiger partial charge in [0.15, 0.2) is 5.76 Å². The zero-order valence-electron chi connectivity index (χ0n) is 11.7. The van der Waals surface area contributed by atoms with Crippen molar-refractivity contribution in [2.75, 3.05) is 5.32 Å². The number of amides is 1. The third kappa shape index (κ3) is 2.80. The van der Waals surface area contributed by atoms with Gasteiger partial charge in [-0.05, 0) is 41.8 Å². The Balaban J connectivity index is 2.01. The Hall–Kier alpha value is -3.46. The summed E-state index contributed by atoms with van der Waals surface area (Å²) in [5.74, 6) is -1.49. The molecule has 1 heterocycles. The van der Waals surface area contributed by atoms with Crippen molar-refractivity contribution in [3.8, 4) is 6.07 Å². The van der Waals surface area contributed by atoms with Gasteiger partial charge in [0.2, 0.25) is 0 Å². The minimum absolute atomic E-state index is 0.181. The van der Waals surface area contributed by atoms with Crippen LogP contribution in [0.15, 0.2) is 57.7 Å². The average Bonchev–Trinajstić information content (AvgIpc) is 2.54. The van der Waals surface area contributed by atoms with Crippen LogP contribution in [-0.2, 0) is 0 Å². The standard InChI is InChI=1S/C17H9FN2O3/c18-12-5-6-13-11(7-12)8-15(23-17(13)22)16(21)20-14-4-2-1-3-10(14)9-19/h1-8H,(H,20,21). The number of carbonyl (C=O) groups excluding carboxylic acids is 1. The molecule has 1 amide bonds. The van der Waals surface area contributed by atoms with Crippen LogP contribution in [0, 0.1) is 17.1 Å². The largest absolute Gasteiger partial charge is 0.417 e. The molecule has 0 aliphatic carbocycles. The predicted molar refractivity (Wildman–Crippen MR) is 81.6 cm³/mol. The number of halogens is 1. The van der Waals surface area contributed by atoms with Crippen molar-refractivity contribution in [3.05, 3.63) is 76.1 Å². The molecular weight excluding hydrogens is 299 g/mol. The lowest BCUT2D eigenvalue weighted by Crippen LogP contribution is -2.15. The van der Waals surface area contributed by atoms with Gasteiger partial charge in [-0.25, -0.2) is 9.18 Å². The van der Waals surface area contributed by atoms with Gasteiger partial charge in [-0.1, -0.05) is 12.1 Å². The highest BCUT2D eigenvalue weighted by molar-refractivity contribution is 6.04. The van der Waals surface area contributed by atoms with Crippen LogP contribution < -0.4 is 10.9 Å². The Labute approximate surface area is 129 Å². The van der Waals surface area contributed by atoms with Gasteiger partial charge in [0.1, 0.15) is 11.9 Å². The number of carbonyl (C=O) groups is 1. The fourth-order valence-electron chi connectivity index (χ4n) is 2.15. The molecule has 0 saturated carbocycles. The maximum absolute atomic E-state index is 13.3. The molecule has 5 nitrogen and oxygen atoms in total. The van der Waals surface area contributed by atoms with E-state index in [2.05, 4.69) is 5.32 Å². The van der Waals surface area contributed by atoms with Crippen molar-refractivity contribution >= 4 is 22.4 Å². The van der Waals surface area contributed by atoms with Crippen LogP contribution in [-0.4, -0.2) is 5.91 Å². The summed E-state index contributed by atoms with van der Waals surface area (Å²) in [7, 11) is 0. The van der Waals surface area contributed by atoms with Crippen LogP contribution in [0.1, 0.15) is 16.1 Å². The summed E-state index contributed by atoms with van der Waals surface area (Å²) < 4.78 is 18.2. The maximum Gasteiger partial charge on any atom is 0.344 e. The third-order valence-corrected chi connectivity index (χ3v) is 3.24. The number of benzene rings is 2. The molecule has 0 unspecified atom stereocenters. The van der Waals surface area contributed by atoms with Crippen LogP contribution in [0.4, 0.5) is 10.1 Å². The third-order valence-electron chi connectivity index (χ3n) is 3.24. The fourth-order valence-corrected chi connectivity index (χ4v) is 2.15. The summed E-state index contributed by atoms with van der Waals surface area (Å²) in [6.07, 6.45) is 0.